The van der Waals surface area contributed by atoms with Crippen LogP contribution in [0.15, 0.2) is 34.1 Å². The van der Waals surface area contributed by atoms with Crippen molar-refractivity contribution >= 4 is 39.1 Å². The topological polar surface area (TPSA) is 58.2 Å². The zero-order valence-electron chi connectivity index (χ0n) is 11.2. The summed E-state index contributed by atoms with van der Waals surface area (Å²) in [6, 6.07) is 6.39. The second kappa shape index (κ2) is 7.46. The minimum Gasteiger partial charge on any atom is -0.350 e. The van der Waals surface area contributed by atoms with Crippen molar-refractivity contribution in [3.8, 4) is 0 Å². The van der Waals surface area contributed by atoms with Crippen LogP contribution in [-0.2, 0) is 11.3 Å². The van der Waals surface area contributed by atoms with Crippen molar-refractivity contribution in [1.82, 2.24) is 10.6 Å². The molecule has 8 heteroatoms. The van der Waals surface area contributed by atoms with Gasteiger partial charge in [0.05, 0.1) is 15.2 Å². The first-order chi connectivity index (χ1) is 10.4. The first-order valence-corrected chi connectivity index (χ1v) is 7.80. The van der Waals surface area contributed by atoms with Gasteiger partial charge in [-0.25, -0.2) is 8.78 Å². The minimum absolute atomic E-state index is 0.0199. The van der Waals surface area contributed by atoms with Gasteiger partial charge in [0, 0.05) is 12.6 Å². The maximum absolute atomic E-state index is 13.0. The smallest absolute Gasteiger partial charge is 0.261 e. The fraction of sp³-hybridized carbons (Fsp3) is 0.143. The van der Waals surface area contributed by atoms with Crippen molar-refractivity contribution in [3.63, 3.8) is 0 Å². The molecular formula is C14H11BrF2N2O2S. The molecule has 0 spiro atoms. The molecule has 0 aliphatic rings. The fourth-order valence-corrected chi connectivity index (χ4v) is 2.96. The van der Waals surface area contributed by atoms with Gasteiger partial charge in [-0.2, -0.15) is 0 Å². The van der Waals surface area contributed by atoms with Crippen LogP contribution in [0.2, 0.25) is 0 Å². The molecule has 0 aliphatic carbocycles. The van der Waals surface area contributed by atoms with Crippen LogP contribution in [0.25, 0.3) is 0 Å². The minimum atomic E-state index is -0.708. The second-order valence-corrected chi connectivity index (χ2v) is 6.80. The lowest BCUT2D eigenvalue weighted by Crippen LogP contribution is -2.36. The summed E-state index contributed by atoms with van der Waals surface area (Å²) in [5.41, 5.74) is 0.305. The fourth-order valence-electron chi connectivity index (χ4n) is 1.66. The van der Waals surface area contributed by atoms with Gasteiger partial charge >= 0.3 is 0 Å². The van der Waals surface area contributed by atoms with E-state index in [2.05, 4.69) is 26.6 Å². The van der Waals surface area contributed by atoms with Gasteiger partial charge in [-0.3, -0.25) is 9.59 Å². The zero-order valence-corrected chi connectivity index (χ0v) is 13.6. The van der Waals surface area contributed by atoms with Crippen molar-refractivity contribution in [2.75, 3.05) is 6.54 Å². The Balaban J connectivity index is 1.79. The first-order valence-electron chi connectivity index (χ1n) is 6.19. The second-order valence-electron chi connectivity index (χ2n) is 4.34. The lowest BCUT2D eigenvalue weighted by Gasteiger charge is -2.07. The van der Waals surface area contributed by atoms with E-state index in [0.717, 1.165) is 22.0 Å². The highest BCUT2D eigenvalue weighted by Gasteiger charge is 2.10. The molecule has 2 aromatic rings. The number of hydrogen-bond acceptors (Lipinski definition) is 3. The molecule has 0 fully saturated rings. The summed E-state index contributed by atoms with van der Waals surface area (Å²) in [4.78, 5) is 23.8. The molecule has 0 saturated heterocycles. The number of carbonyl (C=O) groups is 2. The molecule has 1 aromatic carbocycles. The Morgan fingerprint density at radius 1 is 1.09 bits per heavy atom. The van der Waals surface area contributed by atoms with E-state index in [1.165, 1.54) is 11.3 Å². The van der Waals surface area contributed by atoms with Crippen molar-refractivity contribution in [3.05, 3.63) is 56.2 Å². The van der Waals surface area contributed by atoms with Crippen LogP contribution < -0.4 is 10.6 Å². The highest BCUT2D eigenvalue weighted by molar-refractivity contribution is 9.11. The van der Waals surface area contributed by atoms with Gasteiger partial charge in [0.25, 0.3) is 5.91 Å². The van der Waals surface area contributed by atoms with Crippen LogP contribution in [0.4, 0.5) is 8.78 Å². The summed E-state index contributed by atoms with van der Waals surface area (Å²) in [5.74, 6) is -2.22. The van der Waals surface area contributed by atoms with Crippen LogP contribution in [-0.4, -0.2) is 18.4 Å². The maximum atomic E-state index is 13.0. The Hall–Kier alpha value is -1.80. The number of amides is 2. The van der Waals surface area contributed by atoms with Gasteiger partial charge < -0.3 is 10.6 Å². The summed E-state index contributed by atoms with van der Waals surface area (Å²) >= 11 is 4.49. The number of thiophene rings is 1. The standard InChI is InChI=1S/C14H11BrF2N2O2S/c15-12-2-1-11(22-12)14(21)19-7-13(20)18-6-8-3-9(16)5-10(17)4-8/h1-5H,6-7H2,(H,18,20)(H,19,21). The van der Waals surface area contributed by atoms with Gasteiger partial charge in [-0.1, -0.05) is 0 Å². The third-order valence-electron chi connectivity index (χ3n) is 2.62. The lowest BCUT2D eigenvalue weighted by atomic mass is 10.2. The highest BCUT2D eigenvalue weighted by Crippen LogP contribution is 2.21. The quantitative estimate of drug-likeness (QED) is 0.827. The molecule has 2 N–H and O–H groups in total. The predicted molar refractivity (Wildman–Crippen MR) is 82.6 cm³/mol. The average Bonchev–Trinajstić information content (AvgIpc) is 2.88. The van der Waals surface area contributed by atoms with E-state index in [1.54, 1.807) is 12.1 Å². The summed E-state index contributed by atoms with van der Waals surface area (Å²) in [5, 5.41) is 4.93. The third-order valence-corrected chi connectivity index (χ3v) is 4.24. The van der Waals surface area contributed by atoms with Crippen molar-refractivity contribution in [2.45, 2.75) is 6.54 Å². The first kappa shape index (κ1) is 16.6. The Kier molecular flexibility index (Phi) is 5.62. The van der Waals surface area contributed by atoms with Crippen molar-refractivity contribution < 1.29 is 18.4 Å². The summed E-state index contributed by atoms with van der Waals surface area (Å²) in [6.07, 6.45) is 0. The predicted octanol–water partition coefficient (Wildman–Crippen LogP) is 2.84. The van der Waals surface area contributed by atoms with Gasteiger partial charge in [-0.05, 0) is 45.8 Å². The molecule has 0 unspecified atom stereocenters. The summed E-state index contributed by atoms with van der Waals surface area (Å²) in [6.45, 7) is -0.236. The number of hydrogen-bond donors (Lipinski definition) is 2. The molecule has 0 aliphatic heterocycles. The van der Waals surface area contributed by atoms with Gasteiger partial charge in [-0.15, -0.1) is 11.3 Å². The van der Waals surface area contributed by atoms with Crippen molar-refractivity contribution in [1.29, 1.82) is 0 Å². The van der Waals surface area contributed by atoms with Gasteiger partial charge in [0.15, 0.2) is 0 Å². The number of rotatable bonds is 5. The molecule has 0 bridgehead atoms. The van der Waals surface area contributed by atoms with E-state index in [0.29, 0.717) is 10.4 Å². The molecule has 1 aromatic heterocycles. The van der Waals surface area contributed by atoms with E-state index < -0.39 is 17.5 Å². The lowest BCUT2D eigenvalue weighted by molar-refractivity contribution is -0.120. The highest BCUT2D eigenvalue weighted by atomic mass is 79.9. The monoisotopic (exact) mass is 388 g/mol. The Bertz CT molecular complexity index is 686. The van der Waals surface area contributed by atoms with E-state index >= 15 is 0 Å². The Labute approximate surface area is 137 Å². The van der Waals surface area contributed by atoms with Crippen LogP contribution >= 0.6 is 27.3 Å². The Morgan fingerprint density at radius 3 is 2.36 bits per heavy atom. The Morgan fingerprint density at radius 2 is 1.77 bits per heavy atom. The van der Waals surface area contributed by atoms with E-state index in [1.807, 2.05) is 0 Å². The van der Waals surface area contributed by atoms with Gasteiger partial charge in [0.1, 0.15) is 11.6 Å². The normalized spacial score (nSPS) is 10.3. The molecule has 22 heavy (non-hydrogen) atoms. The molecular weight excluding hydrogens is 378 g/mol. The van der Waals surface area contributed by atoms with Crippen LogP contribution in [0.5, 0.6) is 0 Å². The van der Waals surface area contributed by atoms with E-state index in [4.69, 9.17) is 0 Å². The van der Waals surface area contributed by atoms with E-state index in [-0.39, 0.29) is 19.0 Å². The van der Waals surface area contributed by atoms with Crippen LogP contribution in [0.1, 0.15) is 15.2 Å². The third kappa shape index (κ3) is 4.88. The average molecular weight is 389 g/mol. The largest absolute Gasteiger partial charge is 0.350 e. The SMILES string of the molecule is O=C(CNC(=O)c1ccc(Br)s1)NCc1cc(F)cc(F)c1. The summed E-state index contributed by atoms with van der Waals surface area (Å²) in [7, 11) is 0. The number of benzene rings is 1. The number of nitrogens with one attached hydrogen (secondary N) is 2. The number of carbonyl (C=O) groups excluding carboxylic acids is 2. The molecule has 0 atom stereocenters. The maximum Gasteiger partial charge on any atom is 0.261 e. The van der Waals surface area contributed by atoms with Crippen molar-refractivity contribution in [2.24, 2.45) is 0 Å². The molecule has 116 valence electrons. The molecule has 1 heterocycles. The molecule has 0 saturated carbocycles. The zero-order chi connectivity index (χ0) is 16.1. The summed E-state index contributed by atoms with van der Waals surface area (Å²) < 4.78 is 26.8. The molecule has 2 rings (SSSR count). The van der Waals surface area contributed by atoms with Crippen LogP contribution in [0, 0.1) is 11.6 Å². The number of halogens is 3. The molecule has 0 radical (unpaired) electrons. The molecule has 4 nitrogen and oxygen atoms in total. The van der Waals surface area contributed by atoms with E-state index in [9.17, 15) is 18.4 Å². The van der Waals surface area contributed by atoms with Crippen LogP contribution in [0.3, 0.4) is 0 Å². The van der Waals surface area contributed by atoms with Gasteiger partial charge in [0.2, 0.25) is 5.91 Å². The molecule has 2 amide bonds.